The monoisotopic (exact) mass is 222 g/mol. The SMILES string of the molecule is CCC(C)Sc1ncnc2c1cnn2C. The van der Waals surface area contributed by atoms with Gasteiger partial charge in [0.05, 0.1) is 11.6 Å². The Bertz CT molecular complexity index is 465. The molecule has 4 nitrogen and oxygen atoms in total. The van der Waals surface area contributed by atoms with Gasteiger partial charge in [-0.15, -0.1) is 11.8 Å². The van der Waals surface area contributed by atoms with E-state index in [-0.39, 0.29) is 0 Å². The molecule has 0 spiro atoms. The standard InChI is InChI=1S/C10H14N4S/c1-4-7(2)15-10-8-5-13-14(3)9(8)11-6-12-10/h5-7H,4H2,1-3H3. The quantitative estimate of drug-likeness (QED) is 0.590. The van der Waals surface area contributed by atoms with Crippen molar-refractivity contribution in [1.82, 2.24) is 19.7 Å². The molecule has 5 heteroatoms. The Labute approximate surface area is 93.1 Å². The van der Waals surface area contributed by atoms with Gasteiger partial charge in [0.15, 0.2) is 5.65 Å². The van der Waals surface area contributed by atoms with Crippen LogP contribution in [0.3, 0.4) is 0 Å². The summed E-state index contributed by atoms with van der Waals surface area (Å²) in [4.78, 5) is 8.52. The fraction of sp³-hybridized carbons (Fsp3) is 0.500. The van der Waals surface area contributed by atoms with Crippen molar-refractivity contribution in [3.63, 3.8) is 0 Å². The van der Waals surface area contributed by atoms with E-state index in [1.807, 2.05) is 13.2 Å². The van der Waals surface area contributed by atoms with E-state index in [1.54, 1.807) is 22.8 Å². The maximum Gasteiger partial charge on any atom is 0.162 e. The van der Waals surface area contributed by atoms with Gasteiger partial charge < -0.3 is 0 Å². The summed E-state index contributed by atoms with van der Waals surface area (Å²) in [5, 5.41) is 6.84. The molecule has 0 amide bonds. The zero-order chi connectivity index (χ0) is 10.8. The van der Waals surface area contributed by atoms with Crippen LogP contribution in [-0.2, 0) is 7.05 Å². The van der Waals surface area contributed by atoms with Gasteiger partial charge in [0.2, 0.25) is 0 Å². The highest BCUT2D eigenvalue weighted by Crippen LogP contribution is 2.28. The Morgan fingerprint density at radius 1 is 1.47 bits per heavy atom. The smallest absolute Gasteiger partial charge is 0.162 e. The van der Waals surface area contributed by atoms with Gasteiger partial charge in [0, 0.05) is 12.3 Å². The van der Waals surface area contributed by atoms with Crippen molar-refractivity contribution in [3.8, 4) is 0 Å². The molecule has 0 saturated heterocycles. The number of hydrogen-bond donors (Lipinski definition) is 0. The summed E-state index contributed by atoms with van der Waals surface area (Å²) in [6.07, 6.45) is 4.57. The molecule has 15 heavy (non-hydrogen) atoms. The number of aryl methyl sites for hydroxylation is 1. The van der Waals surface area contributed by atoms with E-state index in [4.69, 9.17) is 0 Å². The van der Waals surface area contributed by atoms with Crippen molar-refractivity contribution >= 4 is 22.8 Å². The van der Waals surface area contributed by atoms with Crippen LogP contribution in [0.1, 0.15) is 20.3 Å². The lowest BCUT2D eigenvalue weighted by Crippen LogP contribution is -1.96. The van der Waals surface area contributed by atoms with Crippen molar-refractivity contribution in [2.75, 3.05) is 0 Å². The molecule has 0 N–H and O–H groups in total. The van der Waals surface area contributed by atoms with Crippen LogP contribution in [0, 0.1) is 0 Å². The highest BCUT2D eigenvalue weighted by molar-refractivity contribution is 8.00. The topological polar surface area (TPSA) is 43.6 Å². The van der Waals surface area contributed by atoms with Gasteiger partial charge in [-0.1, -0.05) is 13.8 Å². The molecule has 1 atom stereocenters. The van der Waals surface area contributed by atoms with E-state index in [0.29, 0.717) is 5.25 Å². The van der Waals surface area contributed by atoms with Gasteiger partial charge in [0.25, 0.3) is 0 Å². The molecular formula is C10H14N4S. The van der Waals surface area contributed by atoms with Crippen LogP contribution in [0.15, 0.2) is 17.6 Å². The largest absolute Gasteiger partial charge is 0.250 e. The molecule has 0 aliphatic heterocycles. The summed E-state index contributed by atoms with van der Waals surface area (Å²) in [7, 11) is 1.90. The molecule has 0 aliphatic carbocycles. The second kappa shape index (κ2) is 4.18. The maximum absolute atomic E-state index is 4.31. The highest BCUT2D eigenvalue weighted by atomic mass is 32.2. The van der Waals surface area contributed by atoms with Crippen LogP contribution in [-0.4, -0.2) is 25.0 Å². The Hall–Kier alpha value is -1.10. The first-order chi connectivity index (χ1) is 7.22. The Morgan fingerprint density at radius 2 is 2.27 bits per heavy atom. The highest BCUT2D eigenvalue weighted by Gasteiger charge is 2.10. The average molecular weight is 222 g/mol. The van der Waals surface area contributed by atoms with E-state index >= 15 is 0 Å². The zero-order valence-corrected chi connectivity index (χ0v) is 9.95. The molecule has 0 fully saturated rings. The third-order valence-electron chi connectivity index (χ3n) is 2.38. The molecule has 80 valence electrons. The number of hydrogen-bond acceptors (Lipinski definition) is 4. The van der Waals surface area contributed by atoms with E-state index in [0.717, 1.165) is 22.5 Å². The first kappa shape index (κ1) is 10.4. The fourth-order valence-corrected chi connectivity index (χ4v) is 2.24. The fourth-order valence-electron chi connectivity index (χ4n) is 1.31. The molecule has 2 rings (SSSR count). The van der Waals surface area contributed by atoms with E-state index in [9.17, 15) is 0 Å². The summed E-state index contributed by atoms with van der Waals surface area (Å²) in [5.74, 6) is 0. The minimum absolute atomic E-state index is 0.573. The molecular weight excluding hydrogens is 208 g/mol. The molecule has 2 aromatic rings. The lowest BCUT2D eigenvalue weighted by Gasteiger charge is -2.07. The van der Waals surface area contributed by atoms with Crippen molar-refractivity contribution in [3.05, 3.63) is 12.5 Å². The summed E-state index contributed by atoms with van der Waals surface area (Å²) < 4.78 is 1.78. The van der Waals surface area contributed by atoms with Gasteiger partial charge in [-0.3, -0.25) is 4.68 Å². The average Bonchev–Trinajstić information content (AvgIpc) is 2.62. The van der Waals surface area contributed by atoms with Crippen LogP contribution in [0.4, 0.5) is 0 Å². The van der Waals surface area contributed by atoms with Gasteiger partial charge in [-0.25, -0.2) is 9.97 Å². The molecule has 0 saturated carbocycles. The van der Waals surface area contributed by atoms with E-state index in [1.165, 1.54) is 0 Å². The number of aromatic nitrogens is 4. The third kappa shape index (κ3) is 1.97. The van der Waals surface area contributed by atoms with E-state index < -0.39 is 0 Å². The van der Waals surface area contributed by atoms with Crippen molar-refractivity contribution < 1.29 is 0 Å². The molecule has 0 radical (unpaired) electrons. The van der Waals surface area contributed by atoms with Crippen molar-refractivity contribution in [2.24, 2.45) is 7.05 Å². The minimum atomic E-state index is 0.573. The van der Waals surface area contributed by atoms with Crippen molar-refractivity contribution in [1.29, 1.82) is 0 Å². The first-order valence-corrected chi connectivity index (χ1v) is 5.89. The number of fused-ring (bicyclic) bond motifs is 1. The Morgan fingerprint density at radius 3 is 3.00 bits per heavy atom. The second-order valence-corrected chi connectivity index (χ2v) is 4.95. The maximum atomic E-state index is 4.31. The predicted molar refractivity (Wildman–Crippen MR) is 61.9 cm³/mol. The molecule has 0 aromatic carbocycles. The number of nitrogens with zero attached hydrogens (tertiary/aromatic N) is 4. The Kier molecular flexibility index (Phi) is 2.90. The third-order valence-corrected chi connectivity index (χ3v) is 3.66. The normalized spacial score (nSPS) is 13.3. The summed E-state index contributed by atoms with van der Waals surface area (Å²) in [5.41, 5.74) is 0.899. The summed E-state index contributed by atoms with van der Waals surface area (Å²) >= 11 is 1.78. The zero-order valence-electron chi connectivity index (χ0n) is 9.14. The summed E-state index contributed by atoms with van der Waals surface area (Å²) in [6, 6.07) is 0. The minimum Gasteiger partial charge on any atom is -0.250 e. The van der Waals surface area contributed by atoms with Gasteiger partial charge in [0.1, 0.15) is 11.4 Å². The van der Waals surface area contributed by atoms with Crippen LogP contribution in [0.25, 0.3) is 11.0 Å². The summed E-state index contributed by atoms with van der Waals surface area (Å²) in [6.45, 7) is 4.38. The van der Waals surface area contributed by atoms with Crippen molar-refractivity contribution in [2.45, 2.75) is 30.5 Å². The van der Waals surface area contributed by atoms with Crippen LogP contribution in [0.2, 0.25) is 0 Å². The predicted octanol–water partition coefficient (Wildman–Crippen LogP) is 2.25. The van der Waals surface area contributed by atoms with Gasteiger partial charge >= 0.3 is 0 Å². The number of thioether (sulfide) groups is 1. The Balaban J connectivity index is 2.43. The molecule has 0 aliphatic rings. The first-order valence-electron chi connectivity index (χ1n) is 5.01. The molecule has 0 bridgehead atoms. The number of rotatable bonds is 3. The molecule has 2 aromatic heterocycles. The van der Waals surface area contributed by atoms with Crippen LogP contribution >= 0.6 is 11.8 Å². The lowest BCUT2D eigenvalue weighted by molar-refractivity contribution is 0.784. The van der Waals surface area contributed by atoms with Gasteiger partial charge in [-0.2, -0.15) is 5.10 Å². The van der Waals surface area contributed by atoms with Gasteiger partial charge in [-0.05, 0) is 6.42 Å². The molecule has 2 heterocycles. The van der Waals surface area contributed by atoms with E-state index in [2.05, 4.69) is 28.9 Å². The van der Waals surface area contributed by atoms with Crippen LogP contribution < -0.4 is 0 Å². The van der Waals surface area contributed by atoms with Crippen LogP contribution in [0.5, 0.6) is 0 Å². The molecule has 1 unspecified atom stereocenters. The second-order valence-electron chi connectivity index (χ2n) is 3.52. The lowest BCUT2D eigenvalue weighted by atomic mass is 10.4.